The topological polar surface area (TPSA) is 46.5 Å². The summed E-state index contributed by atoms with van der Waals surface area (Å²) >= 11 is 3.34. The van der Waals surface area contributed by atoms with Crippen LogP contribution in [0.4, 0.5) is 4.39 Å². The molecule has 0 amide bonds. The predicted octanol–water partition coefficient (Wildman–Crippen LogP) is 4.27. The van der Waals surface area contributed by atoms with Crippen molar-refractivity contribution in [2.75, 3.05) is 0 Å². The average Bonchev–Trinajstić information content (AvgIpc) is 2.46. The highest BCUT2D eigenvalue weighted by atomic mass is 79.9. The second-order valence-corrected chi connectivity index (χ2v) is 5.12. The van der Waals surface area contributed by atoms with Crippen LogP contribution in [0.3, 0.4) is 0 Å². The number of aliphatic carboxylic acids is 1. The lowest BCUT2D eigenvalue weighted by Gasteiger charge is -2.08. The number of carboxylic acid groups (broad SMARTS) is 1. The van der Waals surface area contributed by atoms with Gasteiger partial charge in [0.15, 0.2) is 0 Å². The molecule has 0 atom stereocenters. The van der Waals surface area contributed by atoms with Crippen molar-refractivity contribution in [3.05, 3.63) is 70.0 Å². The first-order valence-electron chi connectivity index (χ1n) is 6.12. The van der Waals surface area contributed by atoms with Crippen LogP contribution < -0.4 is 4.74 Å². The minimum Gasteiger partial charge on any atom is -0.489 e. The average molecular weight is 351 g/mol. The first kappa shape index (κ1) is 15.3. The van der Waals surface area contributed by atoms with Crippen LogP contribution >= 0.6 is 15.9 Å². The lowest BCUT2D eigenvalue weighted by atomic mass is 10.2. The number of rotatable bonds is 5. The molecule has 0 unspecified atom stereocenters. The highest BCUT2D eigenvalue weighted by Gasteiger charge is 2.02. The molecular formula is C16H12BrFO3. The summed E-state index contributed by atoms with van der Waals surface area (Å²) < 4.78 is 19.2. The van der Waals surface area contributed by atoms with Gasteiger partial charge in [-0.1, -0.05) is 28.1 Å². The summed E-state index contributed by atoms with van der Waals surface area (Å²) in [6.45, 7) is 0.310. The third kappa shape index (κ3) is 4.72. The Labute approximate surface area is 129 Å². The Morgan fingerprint density at radius 1 is 1.24 bits per heavy atom. The van der Waals surface area contributed by atoms with Crippen LogP contribution in [-0.4, -0.2) is 11.1 Å². The molecule has 2 aromatic rings. The van der Waals surface area contributed by atoms with E-state index in [0.29, 0.717) is 17.9 Å². The first-order valence-corrected chi connectivity index (χ1v) is 6.92. The summed E-state index contributed by atoms with van der Waals surface area (Å²) in [6, 6.07) is 11.3. The Morgan fingerprint density at radius 3 is 2.62 bits per heavy atom. The second-order valence-electron chi connectivity index (χ2n) is 4.27. The van der Waals surface area contributed by atoms with Crippen LogP contribution in [0.2, 0.25) is 0 Å². The van der Waals surface area contributed by atoms with Crippen molar-refractivity contribution in [1.82, 2.24) is 0 Å². The zero-order valence-corrected chi connectivity index (χ0v) is 12.5. The fourth-order valence-corrected chi connectivity index (χ4v) is 2.03. The summed E-state index contributed by atoms with van der Waals surface area (Å²) in [5, 5.41) is 8.65. The molecule has 0 aliphatic rings. The van der Waals surface area contributed by atoms with E-state index in [1.54, 1.807) is 30.3 Å². The first-order chi connectivity index (χ1) is 10.0. The molecule has 2 rings (SSSR count). The largest absolute Gasteiger partial charge is 0.489 e. The number of benzene rings is 2. The van der Waals surface area contributed by atoms with E-state index in [9.17, 15) is 9.18 Å². The maximum Gasteiger partial charge on any atom is 0.328 e. The van der Waals surface area contributed by atoms with Gasteiger partial charge in [0.05, 0.1) is 0 Å². The number of carbonyl (C=O) groups is 1. The van der Waals surface area contributed by atoms with Crippen molar-refractivity contribution in [3.8, 4) is 5.75 Å². The highest BCUT2D eigenvalue weighted by Crippen LogP contribution is 2.24. The number of carboxylic acids is 1. The van der Waals surface area contributed by atoms with Crippen LogP contribution in [-0.2, 0) is 11.4 Å². The maximum atomic E-state index is 12.8. The van der Waals surface area contributed by atoms with Crippen LogP contribution in [0, 0.1) is 5.82 Å². The molecule has 0 aromatic heterocycles. The van der Waals surface area contributed by atoms with Gasteiger partial charge in [-0.25, -0.2) is 9.18 Å². The molecule has 1 N–H and O–H groups in total. The Kier molecular flexibility index (Phi) is 5.11. The van der Waals surface area contributed by atoms with Crippen molar-refractivity contribution >= 4 is 28.0 Å². The van der Waals surface area contributed by atoms with E-state index in [0.717, 1.165) is 16.1 Å². The maximum absolute atomic E-state index is 12.8. The quantitative estimate of drug-likeness (QED) is 0.819. The molecule has 0 saturated heterocycles. The predicted molar refractivity (Wildman–Crippen MR) is 81.5 cm³/mol. The summed E-state index contributed by atoms with van der Waals surface area (Å²) in [6.07, 6.45) is 2.54. The molecule has 0 aliphatic carbocycles. The van der Waals surface area contributed by atoms with E-state index in [-0.39, 0.29) is 5.82 Å². The number of halogens is 2. The molecule has 21 heavy (non-hydrogen) atoms. The van der Waals surface area contributed by atoms with Crippen molar-refractivity contribution in [1.29, 1.82) is 0 Å². The van der Waals surface area contributed by atoms with Crippen LogP contribution in [0.5, 0.6) is 5.75 Å². The van der Waals surface area contributed by atoms with Crippen molar-refractivity contribution < 1.29 is 19.0 Å². The molecule has 0 heterocycles. The van der Waals surface area contributed by atoms with Crippen LogP contribution in [0.1, 0.15) is 11.1 Å². The van der Waals surface area contributed by atoms with Crippen LogP contribution in [0.25, 0.3) is 6.08 Å². The van der Waals surface area contributed by atoms with Gasteiger partial charge < -0.3 is 9.84 Å². The number of ether oxygens (including phenoxy) is 1. The number of hydrogen-bond acceptors (Lipinski definition) is 2. The normalized spacial score (nSPS) is 10.8. The molecule has 3 nitrogen and oxygen atoms in total. The Hall–Kier alpha value is -2.14. The van der Waals surface area contributed by atoms with Crippen molar-refractivity contribution in [2.24, 2.45) is 0 Å². The van der Waals surface area contributed by atoms with E-state index in [4.69, 9.17) is 9.84 Å². The fraction of sp³-hybridized carbons (Fsp3) is 0.0625. The van der Waals surface area contributed by atoms with E-state index in [2.05, 4.69) is 15.9 Å². The van der Waals surface area contributed by atoms with Gasteiger partial charge in [0.25, 0.3) is 0 Å². The van der Waals surface area contributed by atoms with E-state index >= 15 is 0 Å². The van der Waals surface area contributed by atoms with Crippen molar-refractivity contribution in [3.63, 3.8) is 0 Å². The summed E-state index contributed by atoms with van der Waals surface area (Å²) in [4.78, 5) is 10.5. The lowest BCUT2D eigenvalue weighted by Crippen LogP contribution is -1.96. The third-order valence-electron chi connectivity index (χ3n) is 2.69. The van der Waals surface area contributed by atoms with Gasteiger partial charge in [0, 0.05) is 10.5 Å². The fourth-order valence-electron chi connectivity index (χ4n) is 1.65. The lowest BCUT2D eigenvalue weighted by molar-refractivity contribution is -0.131. The van der Waals surface area contributed by atoms with Gasteiger partial charge in [-0.15, -0.1) is 0 Å². The standard InChI is InChI=1S/C16H12BrFO3/c17-15-7-6-14(9-12(15)3-8-16(19)20)21-10-11-1-4-13(18)5-2-11/h1-9H,10H2,(H,19,20)/b8-3+. The Balaban J connectivity index is 2.08. The number of hydrogen-bond donors (Lipinski definition) is 1. The van der Waals surface area contributed by atoms with Gasteiger partial charge in [-0.05, 0) is 47.5 Å². The summed E-state index contributed by atoms with van der Waals surface area (Å²) in [5.74, 6) is -0.699. The minimum absolute atomic E-state index is 0.288. The monoisotopic (exact) mass is 350 g/mol. The highest BCUT2D eigenvalue weighted by molar-refractivity contribution is 9.10. The molecule has 0 saturated carbocycles. The molecule has 2 aromatic carbocycles. The molecule has 0 bridgehead atoms. The Morgan fingerprint density at radius 2 is 1.95 bits per heavy atom. The van der Waals surface area contributed by atoms with Gasteiger partial charge in [-0.2, -0.15) is 0 Å². The smallest absolute Gasteiger partial charge is 0.328 e. The summed E-state index contributed by atoms with van der Waals surface area (Å²) in [5.41, 5.74) is 1.55. The van der Waals surface area contributed by atoms with Gasteiger partial charge in [-0.3, -0.25) is 0 Å². The van der Waals surface area contributed by atoms with E-state index < -0.39 is 5.97 Å². The molecule has 5 heteroatoms. The molecule has 0 radical (unpaired) electrons. The molecular weight excluding hydrogens is 339 g/mol. The molecule has 0 fully saturated rings. The Bertz CT molecular complexity index is 666. The molecule has 0 aliphatic heterocycles. The zero-order valence-electron chi connectivity index (χ0n) is 10.9. The zero-order chi connectivity index (χ0) is 15.2. The van der Waals surface area contributed by atoms with E-state index in [1.807, 2.05) is 0 Å². The van der Waals surface area contributed by atoms with E-state index in [1.165, 1.54) is 18.2 Å². The minimum atomic E-state index is -1.01. The van der Waals surface area contributed by atoms with Gasteiger partial charge >= 0.3 is 5.97 Å². The van der Waals surface area contributed by atoms with Crippen LogP contribution in [0.15, 0.2) is 53.0 Å². The van der Waals surface area contributed by atoms with Gasteiger partial charge in [0.2, 0.25) is 0 Å². The summed E-state index contributed by atoms with van der Waals surface area (Å²) in [7, 11) is 0. The molecule has 108 valence electrons. The second kappa shape index (κ2) is 7.04. The SMILES string of the molecule is O=C(O)/C=C/c1cc(OCc2ccc(F)cc2)ccc1Br. The van der Waals surface area contributed by atoms with Crippen molar-refractivity contribution in [2.45, 2.75) is 6.61 Å². The molecule has 0 spiro atoms. The third-order valence-corrected chi connectivity index (χ3v) is 3.41. The van der Waals surface area contributed by atoms with Gasteiger partial charge in [0.1, 0.15) is 18.2 Å².